The van der Waals surface area contributed by atoms with E-state index in [2.05, 4.69) is 35.3 Å². The van der Waals surface area contributed by atoms with Crippen LogP contribution in [0.1, 0.15) is 5.69 Å². The molecule has 102 valence electrons. The summed E-state index contributed by atoms with van der Waals surface area (Å²) in [6.45, 7) is 0.371. The molecule has 0 saturated heterocycles. The molecule has 3 heterocycles. The molecule has 0 saturated carbocycles. The Bertz CT molecular complexity index is 766. The molecule has 11 heteroatoms. The second-order valence-electron chi connectivity index (χ2n) is 3.60. The third-order valence-electron chi connectivity index (χ3n) is 2.23. The van der Waals surface area contributed by atoms with Crippen LogP contribution in [0.15, 0.2) is 22.8 Å². The summed E-state index contributed by atoms with van der Waals surface area (Å²) in [6.07, 6.45) is 2.81. The molecular formula is C9H7ClN8OS. The van der Waals surface area contributed by atoms with E-state index in [9.17, 15) is 4.79 Å². The monoisotopic (exact) mass is 310 g/mol. The average molecular weight is 311 g/mol. The van der Waals surface area contributed by atoms with Gasteiger partial charge >= 0.3 is 4.87 Å². The number of H-pyrrole nitrogens is 1. The maximum Gasteiger partial charge on any atom is 0.304 e. The summed E-state index contributed by atoms with van der Waals surface area (Å²) in [5.74, 6) is 0.534. The van der Waals surface area contributed by atoms with E-state index in [1.165, 1.54) is 17.3 Å². The van der Waals surface area contributed by atoms with Crippen molar-refractivity contribution < 1.29 is 0 Å². The first kappa shape index (κ1) is 12.7. The summed E-state index contributed by atoms with van der Waals surface area (Å²) in [7, 11) is 0. The van der Waals surface area contributed by atoms with Gasteiger partial charge in [-0.3, -0.25) is 4.79 Å². The molecular weight excluding hydrogens is 304 g/mol. The number of aromatic nitrogens is 7. The van der Waals surface area contributed by atoms with Crippen molar-refractivity contribution in [2.75, 3.05) is 5.32 Å². The standard InChI is InChI=1S/C9H7ClN8OS/c10-6-15-7(12-1-5-2-20-9(19)14-5)17-8(16-6)18-4-11-3-13-18/h2-4H,1H2,(H,14,19)(H,12,15,16,17). The zero-order valence-corrected chi connectivity index (χ0v) is 11.4. The molecule has 3 aromatic heterocycles. The Kier molecular flexibility index (Phi) is 3.39. The molecule has 3 aromatic rings. The quantitative estimate of drug-likeness (QED) is 0.719. The van der Waals surface area contributed by atoms with Gasteiger partial charge in [0.15, 0.2) is 0 Å². The van der Waals surface area contributed by atoms with Gasteiger partial charge in [0.2, 0.25) is 11.2 Å². The Hall–Kier alpha value is -2.33. The first-order valence-corrected chi connectivity index (χ1v) is 6.63. The lowest BCUT2D eigenvalue weighted by Crippen LogP contribution is -2.10. The summed E-state index contributed by atoms with van der Waals surface area (Å²) < 4.78 is 1.37. The lowest BCUT2D eigenvalue weighted by Gasteiger charge is -2.05. The maximum absolute atomic E-state index is 11.0. The van der Waals surface area contributed by atoms with Crippen LogP contribution in [0.4, 0.5) is 5.95 Å². The summed E-state index contributed by atoms with van der Waals surface area (Å²) in [5, 5.41) is 8.61. The average Bonchev–Trinajstić information content (AvgIpc) is 3.07. The highest BCUT2D eigenvalue weighted by Gasteiger charge is 2.07. The zero-order valence-electron chi connectivity index (χ0n) is 9.82. The molecule has 0 aliphatic heterocycles. The number of hydrogen-bond donors (Lipinski definition) is 2. The third kappa shape index (κ3) is 2.81. The molecule has 0 spiro atoms. The maximum atomic E-state index is 11.0. The number of anilines is 1. The van der Waals surface area contributed by atoms with Crippen LogP contribution < -0.4 is 10.2 Å². The van der Waals surface area contributed by atoms with E-state index in [-0.39, 0.29) is 22.1 Å². The Morgan fingerprint density at radius 3 is 3.00 bits per heavy atom. The van der Waals surface area contributed by atoms with Crippen LogP contribution in [0.2, 0.25) is 5.28 Å². The Labute approximate surface area is 120 Å². The predicted octanol–water partition coefficient (Wildman–Crippen LogP) is 0.468. The van der Waals surface area contributed by atoms with Crippen molar-refractivity contribution in [3.63, 3.8) is 0 Å². The van der Waals surface area contributed by atoms with Crippen LogP contribution in [0.5, 0.6) is 0 Å². The number of hydrogen-bond acceptors (Lipinski definition) is 8. The summed E-state index contributed by atoms with van der Waals surface area (Å²) >= 11 is 6.92. The highest BCUT2D eigenvalue weighted by atomic mass is 35.5. The highest BCUT2D eigenvalue weighted by Crippen LogP contribution is 2.09. The van der Waals surface area contributed by atoms with Gasteiger partial charge in [0.25, 0.3) is 5.95 Å². The second-order valence-corrected chi connectivity index (χ2v) is 4.78. The van der Waals surface area contributed by atoms with Gasteiger partial charge in [-0.25, -0.2) is 4.98 Å². The van der Waals surface area contributed by atoms with Crippen molar-refractivity contribution in [1.29, 1.82) is 0 Å². The van der Waals surface area contributed by atoms with E-state index in [0.717, 1.165) is 17.0 Å². The molecule has 0 aromatic carbocycles. The molecule has 0 aliphatic rings. The minimum Gasteiger partial charge on any atom is -0.348 e. The minimum atomic E-state index is -0.112. The van der Waals surface area contributed by atoms with Crippen molar-refractivity contribution >= 4 is 28.9 Å². The lowest BCUT2D eigenvalue weighted by atomic mass is 10.5. The van der Waals surface area contributed by atoms with Crippen LogP contribution in [0.25, 0.3) is 5.95 Å². The summed E-state index contributed by atoms with van der Waals surface area (Å²) in [4.78, 5) is 29.4. The topological polar surface area (TPSA) is 114 Å². The largest absolute Gasteiger partial charge is 0.348 e. The van der Waals surface area contributed by atoms with E-state index >= 15 is 0 Å². The fourth-order valence-corrected chi connectivity index (χ4v) is 2.14. The third-order valence-corrected chi connectivity index (χ3v) is 3.12. The van der Waals surface area contributed by atoms with Crippen LogP contribution in [0.3, 0.4) is 0 Å². The van der Waals surface area contributed by atoms with Gasteiger partial charge in [-0.2, -0.15) is 24.7 Å². The number of rotatable bonds is 4. The molecule has 0 bridgehead atoms. The van der Waals surface area contributed by atoms with Gasteiger partial charge in [-0.15, -0.1) is 0 Å². The Balaban J connectivity index is 1.81. The first-order chi connectivity index (χ1) is 9.70. The normalized spacial score (nSPS) is 10.7. The van der Waals surface area contributed by atoms with E-state index in [1.54, 1.807) is 5.38 Å². The van der Waals surface area contributed by atoms with Gasteiger partial charge in [0, 0.05) is 11.1 Å². The second kappa shape index (κ2) is 5.35. The molecule has 2 N–H and O–H groups in total. The van der Waals surface area contributed by atoms with Crippen molar-refractivity contribution in [1.82, 2.24) is 34.7 Å². The van der Waals surface area contributed by atoms with E-state index < -0.39 is 0 Å². The van der Waals surface area contributed by atoms with Crippen LogP contribution in [-0.2, 0) is 6.54 Å². The summed E-state index contributed by atoms with van der Waals surface area (Å²) in [5.41, 5.74) is 0.735. The molecule has 9 nitrogen and oxygen atoms in total. The van der Waals surface area contributed by atoms with Crippen LogP contribution in [0, 0.1) is 0 Å². The molecule has 0 radical (unpaired) electrons. The van der Waals surface area contributed by atoms with Gasteiger partial charge in [0.1, 0.15) is 12.7 Å². The number of thiazole rings is 1. The number of halogens is 1. The Morgan fingerprint density at radius 1 is 1.40 bits per heavy atom. The fourth-order valence-electron chi connectivity index (χ4n) is 1.41. The van der Waals surface area contributed by atoms with Gasteiger partial charge in [0.05, 0.1) is 6.54 Å². The van der Waals surface area contributed by atoms with Gasteiger partial charge < -0.3 is 10.3 Å². The SMILES string of the molecule is O=c1[nH]c(CNc2nc(Cl)nc(-n3cncn3)n2)cs1. The number of nitrogens with one attached hydrogen (secondary N) is 2. The van der Waals surface area contributed by atoms with Gasteiger partial charge in [-0.1, -0.05) is 11.3 Å². The Morgan fingerprint density at radius 2 is 2.30 bits per heavy atom. The first-order valence-electron chi connectivity index (χ1n) is 5.38. The van der Waals surface area contributed by atoms with Gasteiger partial charge in [-0.05, 0) is 11.6 Å². The van der Waals surface area contributed by atoms with E-state index in [0.29, 0.717) is 6.54 Å². The molecule has 20 heavy (non-hydrogen) atoms. The number of aromatic amines is 1. The molecule has 3 rings (SSSR count). The molecule has 0 atom stereocenters. The van der Waals surface area contributed by atoms with Crippen LogP contribution in [-0.4, -0.2) is 34.7 Å². The lowest BCUT2D eigenvalue weighted by molar-refractivity contribution is 0.792. The minimum absolute atomic E-state index is 0.0341. The number of nitrogens with zero attached hydrogens (tertiary/aromatic N) is 6. The van der Waals surface area contributed by atoms with Crippen molar-refractivity contribution in [2.24, 2.45) is 0 Å². The van der Waals surface area contributed by atoms with Crippen molar-refractivity contribution in [3.05, 3.63) is 38.7 Å². The van der Waals surface area contributed by atoms with E-state index in [4.69, 9.17) is 11.6 Å². The summed E-state index contributed by atoms with van der Waals surface area (Å²) in [6, 6.07) is 0. The van der Waals surface area contributed by atoms with E-state index in [1.807, 2.05) is 0 Å². The highest BCUT2D eigenvalue weighted by molar-refractivity contribution is 7.07. The van der Waals surface area contributed by atoms with Crippen molar-refractivity contribution in [3.8, 4) is 5.95 Å². The molecule has 0 fully saturated rings. The molecule has 0 amide bonds. The van der Waals surface area contributed by atoms with Crippen molar-refractivity contribution in [2.45, 2.75) is 6.54 Å². The fraction of sp³-hybridized carbons (Fsp3) is 0.111. The smallest absolute Gasteiger partial charge is 0.304 e. The van der Waals surface area contributed by atoms with Crippen LogP contribution >= 0.6 is 22.9 Å². The molecule has 0 unspecified atom stereocenters. The zero-order chi connectivity index (χ0) is 13.9. The molecule has 0 aliphatic carbocycles. The predicted molar refractivity (Wildman–Crippen MR) is 72.0 cm³/mol.